The fourth-order valence-corrected chi connectivity index (χ4v) is 4.18. The van der Waals surface area contributed by atoms with Crippen LogP contribution in [0.15, 0.2) is 52.9 Å². The molecule has 2 heterocycles. The van der Waals surface area contributed by atoms with Crippen molar-refractivity contribution < 1.29 is 0 Å². The molecule has 1 aliphatic heterocycles. The Bertz CT molecular complexity index is 707. The number of halogens is 2. The van der Waals surface area contributed by atoms with E-state index in [1.165, 1.54) is 4.90 Å². The van der Waals surface area contributed by atoms with E-state index in [2.05, 4.69) is 50.0 Å². The molecule has 1 aliphatic rings. The highest BCUT2D eigenvalue weighted by Crippen LogP contribution is 2.27. The van der Waals surface area contributed by atoms with E-state index in [1.54, 1.807) is 0 Å². The first kappa shape index (κ1) is 22.4. The molecule has 1 aromatic heterocycles. The molecule has 5 nitrogen and oxygen atoms in total. The van der Waals surface area contributed by atoms with Gasteiger partial charge in [0.25, 0.3) is 0 Å². The van der Waals surface area contributed by atoms with Crippen molar-refractivity contribution in [3.8, 4) is 0 Å². The lowest BCUT2D eigenvalue weighted by Crippen LogP contribution is -2.49. The van der Waals surface area contributed by atoms with Gasteiger partial charge in [-0.25, -0.2) is 4.98 Å². The third kappa shape index (κ3) is 6.29. The Morgan fingerprint density at radius 2 is 2.15 bits per heavy atom. The van der Waals surface area contributed by atoms with Gasteiger partial charge in [0.1, 0.15) is 0 Å². The third-order valence-corrected chi connectivity index (χ3v) is 6.07. The molecule has 8 heteroatoms. The second-order valence-electron chi connectivity index (χ2n) is 6.57. The van der Waals surface area contributed by atoms with Gasteiger partial charge >= 0.3 is 0 Å². The number of benzene rings is 1. The van der Waals surface area contributed by atoms with Crippen LogP contribution in [0.5, 0.6) is 0 Å². The maximum atomic E-state index is 5.93. The Kier molecular flexibility index (Phi) is 9.25. The standard InChI is InChI=1S/C19H26ClN5S.HI/c1-15-7-10-24(13-18(15)25-11-8-22-14-25)19(21-2)23-9-12-26-17-5-3-16(20)4-6-17;/h3-6,8,11,14-15,18H,7,9-10,12-13H2,1-2H3,(H,21,23);1H. The van der Waals surface area contributed by atoms with Crippen molar-refractivity contribution in [3.63, 3.8) is 0 Å². The molecule has 1 saturated heterocycles. The minimum Gasteiger partial charge on any atom is -0.355 e. The molecular formula is C19H27ClIN5S. The van der Waals surface area contributed by atoms with Gasteiger partial charge in [0.15, 0.2) is 5.96 Å². The molecule has 2 aromatic rings. The fourth-order valence-electron chi connectivity index (χ4n) is 3.29. The van der Waals surface area contributed by atoms with Crippen LogP contribution in [0.4, 0.5) is 0 Å². The Hall–Kier alpha value is -0.930. The summed E-state index contributed by atoms with van der Waals surface area (Å²) in [6.07, 6.45) is 6.99. The maximum absolute atomic E-state index is 5.93. The molecule has 0 amide bonds. The number of aliphatic imine (C=N–C) groups is 1. The quantitative estimate of drug-likeness (QED) is 0.209. The molecule has 2 unspecified atom stereocenters. The van der Waals surface area contributed by atoms with Crippen molar-refractivity contribution in [1.82, 2.24) is 19.8 Å². The van der Waals surface area contributed by atoms with Gasteiger partial charge in [-0.3, -0.25) is 4.99 Å². The van der Waals surface area contributed by atoms with Gasteiger partial charge in [0.2, 0.25) is 0 Å². The zero-order chi connectivity index (χ0) is 18.4. The van der Waals surface area contributed by atoms with E-state index in [0.29, 0.717) is 12.0 Å². The molecule has 3 rings (SSSR count). The summed E-state index contributed by atoms with van der Waals surface area (Å²) >= 11 is 7.75. The summed E-state index contributed by atoms with van der Waals surface area (Å²) in [5.41, 5.74) is 0. The Balaban J connectivity index is 0.00000261. The lowest BCUT2D eigenvalue weighted by Gasteiger charge is -2.39. The number of nitrogens with one attached hydrogen (secondary N) is 1. The molecule has 0 radical (unpaired) electrons. The summed E-state index contributed by atoms with van der Waals surface area (Å²) in [4.78, 5) is 12.3. The summed E-state index contributed by atoms with van der Waals surface area (Å²) < 4.78 is 2.22. The number of guanidine groups is 1. The van der Waals surface area contributed by atoms with Crippen LogP contribution in [0, 0.1) is 5.92 Å². The first-order valence-electron chi connectivity index (χ1n) is 8.99. The first-order chi connectivity index (χ1) is 12.7. The number of hydrogen-bond acceptors (Lipinski definition) is 3. The summed E-state index contributed by atoms with van der Waals surface area (Å²) in [6.45, 7) is 5.20. The molecular weight excluding hydrogens is 493 g/mol. The molecule has 0 bridgehead atoms. The molecule has 0 spiro atoms. The van der Waals surface area contributed by atoms with Gasteiger partial charge in [0, 0.05) is 54.7 Å². The summed E-state index contributed by atoms with van der Waals surface area (Å²) in [7, 11) is 1.86. The van der Waals surface area contributed by atoms with E-state index >= 15 is 0 Å². The average Bonchev–Trinajstić information content (AvgIpc) is 3.18. The number of hydrogen-bond donors (Lipinski definition) is 1. The van der Waals surface area contributed by atoms with Crippen LogP contribution in [0.25, 0.3) is 0 Å². The highest BCUT2D eigenvalue weighted by Gasteiger charge is 2.28. The van der Waals surface area contributed by atoms with Gasteiger partial charge in [-0.2, -0.15) is 0 Å². The van der Waals surface area contributed by atoms with Crippen LogP contribution in [0.2, 0.25) is 5.02 Å². The number of rotatable bonds is 5. The minimum atomic E-state index is 0. The van der Waals surface area contributed by atoms with E-state index < -0.39 is 0 Å². The van der Waals surface area contributed by atoms with Crippen molar-refractivity contribution in [2.45, 2.75) is 24.3 Å². The van der Waals surface area contributed by atoms with Crippen LogP contribution in [-0.4, -0.2) is 52.8 Å². The smallest absolute Gasteiger partial charge is 0.193 e. The number of aromatic nitrogens is 2. The van der Waals surface area contributed by atoms with E-state index in [0.717, 1.165) is 42.8 Å². The molecule has 0 aliphatic carbocycles. The van der Waals surface area contributed by atoms with Crippen LogP contribution in [0.1, 0.15) is 19.4 Å². The van der Waals surface area contributed by atoms with Gasteiger partial charge in [-0.1, -0.05) is 18.5 Å². The van der Waals surface area contributed by atoms with Crippen molar-refractivity contribution >= 4 is 53.3 Å². The topological polar surface area (TPSA) is 45.5 Å². The predicted octanol–water partition coefficient (Wildman–Crippen LogP) is 4.41. The highest BCUT2D eigenvalue weighted by atomic mass is 127. The van der Waals surface area contributed by atoms with Crippen LogP contribution < -0.4 is 5.32 Å². The maximum Gasteiger partial charge on any atom is 0.193 e. The number of nitrogens with zero attached hydrogens (tertiary/aromatic N) is 4. The molecule has 1 fully saturated rings. The molecule has 0 saturated carbocycles. The summed E-state index contributed by atoms with van der Waals surface area (Å²) in [5, 5.41) is 4.28. The number of thioether (sulfide) groups is 1. The second kappa shape index (κ2) is 11.2. The lowest BCUT2D eigenvalue weighted by atomic mass is 9.93. The highest BCUT2D eigenvalue weighted by molar-refractivity contribution is 14.0. The van der Waals surface area contributed by atoms with Crippen molar-refractivity contribution in [2.24, 2.45) is 10.9 Å². The van der Waals surface area contributed by atoms with Gasteiger partial charge < -0.3 is 14.8 Å². The summed E-state index contributed by atoms with van der Waals surface area (Å²) in [5.74, 6) is 2.60. The van der Waals surface area contributed by atoms with Crippen LogP contribution in [-0.2, 0) is 0 Å². The molecule has 1 aromatic carbocycles. The van der Waals surface area contributed by atoms with Gasteiger partial charge in [0.05, 0.1) is 12.4 Å². The Morgan fingerprint density at radius 1 is 1.37 bits per heavy atom. The average molecular weight is 520 g/mol. The Morgan fingerprint density at radius 3 is 2.81 bits per heavy atom. The SMILES string of the molecule is CN=C(NCCSc1ccc(Cl)cc1)N1CCC(C)C(n2ccnc2)C1.I. The van der Waals surface area contributed by atoms with Gasteiger partial charge in [-0.15, -0.1) is 35.7 Å². The second-order valence-corrected chi connectivity index (χ2v) is 8.17. The number of piperidine rings is 1. The molecule has 27 heavy (non-hydrogen) atoms. The largest absolute Gasteiger partial charge is 0.355 e. The first-order valence-corrected chi connectivity index (χ1v) is 10.3. The van der Waals surface area contributed by atoms with E-state index in [9.17, 15) is 0 Å². The predicted molar refractivity (Wildman–Crippen MR) is 126 cm³/mol. The zero-order valence-electron chi connectivity index (χ0n) is 15.7. The Labute approximate surface area is 188 Å². The van der Waals surface area contributed by atoms with Crippen molar-refractivity contribution in [2.75, 3.05) is 32.4 Å². The van der Waals surface area contributed by atoms with Crippen molar-refractivity contribution in [1.29, 1.82) is 0 Å². The van der Waals surface area contributed by atoms with E-state index in [1.807, 2.05) is 43.5 Å². The van der Waals surface area contributed by atoms with Gasteiger partial charge in [-0.05, 0) is 36.6 Å². The number of imidazole rings is 1. The number of likely N-dealkylation sites (tertiary alicyclic amines) is 1. The normalized spacial score (nSPS) is 20.3. The lowest BCUT2D eigenvalue weighted by molar-refractivity contribution is 0.189. The minimum absolute atomic E-state index is 0. The zero-order valence-corrected chi connectivity index (χ0v) is 19.6. The van der Waals surface area contributed by atoms with Crippen LogP contribution >= 0.6 is 47.3 Å². The van der Waals surface area contributed by atoms with E-state index in [-0.39, 0.29) is 24.0 Å². The van der Waals surface area contributed by atoms with Crippen molar-refractivity contribution in [3.05, 3.63) is 48.0 Å². The molecule has 148 valence electrons. The monoisotopic (exact) mass is 519 g/mol. The van der Waals surface area contributed by atoms with E-state index in [4.69, 9.17) is 11.6 Å². The third-order valence-electron chi connectivity index (χ3n) is 4.81. The fraction of sp³-hybridized carbons (Fsp3) is 0.474. The van der Waals surface area contributed by atoms with Crippen LogP contribution in [0.3, 0.4) is 0 Å². The molecule has 2 atom stereocenters. The summed E-state index contributed by atoms with van der Waals surface area (Å²) in [6, 6.07) is 8.42. The molecule has 1 N–H and O–H groups in total.